The maximum absolute atomic E-state index is 12.1. The average molecular weight is 363 g/mol. The molecule has 2 aromatic carbocycles. The molecule has 0 spiro atoms. The first-order valence-corrected chi connectivity index (χ1v) is 9.00. The van der Waals surface area contributed by atoms with Gasteiger partial charge >= 0.3 is 11.9 Å². The summed E-state index contributed by atoms with van der Waals surface area (Å²) in [6.45, 7) is 1.90. The van der Waals surface area contributed by atoms with E-state index < -0.39 is 5.97 Å². The zero-order chi connectivity index (χ0) is 19.1. The molecule has 1 aliphatic heterocycles. The first kappa shape index (κ1) is 17.3. The lowest BCUT2D eigenvalue weighted by molar-refractivity contribution is 0.0599. The number of aromatic carboxylic acids is 1. The Morgan fingerprint density at radius 3 is 2.63 bits per heavy atom. The van der Waals surface area contributed by atoms with Crippen molar-refractivity contribution < 1.29 is 19.4 Å². The molecular formula is C22H21NO4. The number of anilines is 1. The van der Waals surface area contributed by atoms with E-state index in [9.17, 15) is 14.7 Å². The predicted octanol–water partition coefficient (Wildman–Crippen LogP) is 4.31. The van der Waals surface area contributed by atoms with Crippen LogP contribution in [-0.4, -0.2) is 24.2 Å². The third kappa shape index (κ3) is 2.70. The molecule has 2 aliphatic rings. The van der Waals surface area contributed by atoms with Gasteiger partial charge in [0.2, 0.25) is 0 Å². The van der Waals surface area contributed by atoms with Gasteiger partial charge in [0.15, 0.2) is 0 Å². The number of carboxylic acids is 1. The summed E-state index contributed by atoms with van der Waals surface area (Å²) in [4.78, 5) is 23.8. The van der Waals surface area contributed by atoms with Gasteiger partial charge in [-0.2, -0.15) is 0 Å². The first-order valence-electron chi connectivity index (χ1n) is 9.00. The van der Waals surface area contributed by atoms with Crippen LogP contribution in [0.4, 0.5) is 5.69 Å². The van der Waals surface area contributed by atoms with Crippen LogP contribution in [0.15, 0.2) is 48.6 Å². The molecule has 5 nitrogen and oxygen atoms in total. The molecule has 5 heteroatoms. The van der Waals surface area contributed by atoms with Crippen molar-refractivity contribution in [3.63, 3.8) is 0 Å². The van der Waals surface area contributed by atoms with Crippen LogP contribution in [0, 0.1) is 12.8 Å². The molecule has 0 bridgehead atoms. The van der Waals surface area contributed by atoms with E-state index in [1.165, 1.54) is 7.11 Å². The number of carbonyl (C=O) groups is 2. The molecule has 3 atom stereocenters. The normalized spacial score (nSPS) is 22.5. The van der Waals surface area contributed by atoms with Crippen LogP contribution < -0.4 is 5.32 Å². The molecule has 0 saturated heterocycles. The molecule has 27 heavy (non-hydrogen) atoms. The minimum Gasteiger partial charge on any atom is -0.478 e. The Labute approximate surface area is 157 Å². The van der Waals surface area contributed by atoms with Gasteiger partial charge in [0.1, 0.15) is 0 Å². The fourth-order valence-corrected chi connectivity index (χ4v) is 4.42. The van der Waals surface area contributed by atoms with Crippen molar-refractivity contribution in [3.05, 3.63) is 76.4 Å². The summed E-state index contributed by atoms with van der Waals surface area (Å²) in [6.07, 6.45) is 5.23. The number of rotatable bonds is 3. The van der Waals surface area contributed by atoms with Crippen molar-refractivity contribution in [1.29, 1.82) is 0 Å². The molecule has 1 aliphatic carbocycles. The monoisotopic (exact) mass is 363 g/mol. The molecule has 138 valence electrons. The molecule has 2 aromatic rings. The SMILES string of the molecule is COC(=O)c1ccc2c(c1C)N[C@H](c1ccccc1C(=O)O)[C@@H]1CC=C[C@H]21. The molecule has 1 heterocycles. The Balaban J connectivity index is 1.86. The van der Waals surface area contributed by atoms with Gasteiger partial charge in [-0.3, -0.25) is 0 Å². The van der Waals surface area contributed by atoms with Crippen molar-refractivity contribution in [2.24, 2.45) is 5.92 Å². The molecule has 0 fully saturated rings. The smallest absolute Gasteiger partial charge is 0.338 e. The highest BCUT2D eigenvalue weighted by Crippen LogP contribution is 2.51. The molecule has 0 unspecified atom stereocenters. The molecule has 0 saturated carbocycles. The van der Waals surface area contributed by atoms with Gasteiger partial charge in [-0.1, -0.05) is 36.4 Å². The standard InChI is InChI=1S/C22H21NO4/c1-12-13(22(26)27-2)10-11-17-14-8-5-9-15(14)20(23-19(12)17)16-6-3-4-7-18(16)21(24)25/h3-8,10-11,14-15,20,23H,9H2,1-2H3,(H,24,25)/t14-,15+,20-/m0/s1. The zero-order valence-corrected chi connectivity index (χ0v) is 15.2. The second kappa shape index (κ2) is 6.58. The minimum atomic E-state index is -0.930. The lowest BCUT2D eigenvalue weighted by atomic mass is 9.75. The number of allylic oxidation sites excluding steroid dienone is 2. The van der Waals surface area contributed by atoms with Gasteiger partial charge < -0.3 is 15.2 Å². The van der Waals surface area contributed by atoms with Gasteiger partial charge in [0.25, 0.3) is 0 Å². The second-order valence-corrected chi connectivity index (χ2v) is 7.06. The Kier molecular flexibility index (Phi) is 4.22. The highest BCUT2D eigenvalue weighted by Gasteiger charge is 2.40. The molecule has 0 aromatic heterocycles. The topological polar surface area (TPSA) is 75.6 Å². The molecule has 2 N–H and O–H groups in total. The van der Waals surface area contributed by atoms with Crippen LogP contribution in [0.5, 0.6) is 0 Å². The third-order valence-corrected chi connectivity index (χ3v) is 5.73. The number of benzene rings is 2. The number of esters is 1. The van der Waals surface area contributed by atoms with Gasteiger partial charge in [0, 0.05) is 11.6 Å². The van der Waals surface area contributed by atoms with Gasteiger partial charge in [-0.15, -0.1) is 0 Å². The van der Waals surface area contributed by atoms with Gasteiger partial charge in [-0.05, 0) is 48.1 Å². The van der Waals surface area contributed by atoms with E-state index >= 15 is 0 Å². The predicted molar refractivity (Wildman–Crippen MR) is 102 cm³/mol. The second-order valence-electron chi connectivity index (χ2n) is 7.06. The largest absolute Gasteiger partial charge is 0.478 e. The van der Waals surface area contributed by atoms with Crippen molar-refractivity contribution in [3.8, 4) is 0 Å². The highest BCUT2D eigenvalue weighted by atomic mass is 16.5. The van der Waals surface area contributed by atoms with Gasteiger partial charge in [0.05, 0.1) is 24.3 Å². The Morgan fingerprint density at radius 1 is 1.11 bits per heavy atom. The van der Waals surface area contributed by atoms with Crippen LogP contribution in [-0.2, 0) is 4.74 Å². The number of ether oxygens (including phenoxy) is 1. The van der Waals surface area contributed by atoms with Crippen LogP contribution >= 0.6 is 0 Å². The van der Waals surface area contributed by atoms with Crippen LogP contribution in [0.3, 0.4) is 0 Å². The number of carboxylic acid groups (broad SMARTS) is 1. The summed E-state index contributed by atoms with van der Waals surface area (Å²) in [5, 5.41) is 13.2. The Morgan fingerprint density at radius 2 is 1.89 bits per heavy atom. The van der Waals surface area contributed by atoms with E-state index in [1.807, 2.05) is 31.2 Å². The van der Waals surface area contributed by atoms with Crippen LogP contribution in [0.2, 0.25) is 0 Å². The number of hydrogen-bond acceptors (Lipinski definition) is 4. The highest BCUT2D eigenvalue weighted by molar-refractivity contribution is 5.94. The molecule has 0 radical (unpaired) electrons. The van der Waals surface area contributed by atoms with Crippen molar-refractivity contribution in [2.75, 3.05) is 12.4 Å². The van der Waals surface area contributed by atoms with E-state index in [2.05, 4.69) is 17.5 Å². The lowest BCUT2D eigenvalue weighted by Crippen LogP contribution is -2.31. The fraction of sp³-hybridized carbons (Fsp3) is 0.273. The number of hydrogen-bond donors (Lipinski definition) is 2. The first-order chi connectivity index (χ1) is 13.0. The Bertz CT molecular complexity index is 963. The summed E-state index contributed by atoms with van der Waals surface area (Å²) in [5.41, 5.74) is 4.48. The molecule has 0 amide bonds. The van der Waals surface area contributed by atoms with Crippen molar-refractivity contribution in [2.45, 2.75) is 25.3 Å². The van der Waals surface area contributed by atoms with Crippen LogP contribution in [0.1, 0.15) is 55.8 Å². The summed E-state index contributed by atoms with van der Waals surface area (Å²) in [6, 6.07) is 10.8. The summed E-state index contributed by atoms with van der Waals surface area (Å²) < 4.78 is 4.90. The number of methoxy groups -OCH3 is 1. The lowest BCUT2D eigenvalue weighted by Gasteiger charge is -2.39. The average Bonchev–Trinajstić information content (AvgIpc) is 3.17. The third-order valence-electron chi connectivity index (χ3n) is 5.73. The van der Waals surface area contributed by atoms with Crippen molar-refractivity contribution in [1.82, 2.24) is 0 Å². The van der Waals surface area contributed by atoms with E-state index in [1.54, 1.807) is 12.1 Å². The molecular weight excluding hydrogens is 342 g/mol. The van der Waals surface area contributed by atoms with E-state index in [0.717, 1.165) is 28.8 Å². The van der Waals surface area contributed by atoms with Crippen LogP contribution in [0.25, 0.3) is 0 Å². The maximum atomic E-state index is 12.1. The molecule has 4 rings (SSSR count). The van der Waals surface area contributed by atoms with E-state index in [0.29, 0.717) is 11.1 Å². The number of carbonyl (C=O) groups excluding carboxylic acids is 1. The summed E-state index contributed by atoms with van der Waals surface area (Å²) in [5.74, 6) is -0.871. The zero-order valence-electron chi connectivity index (χ0n) is 15.2. The van der Waals surface area contributed by atoms with E-state index in [4.69, 9.17) is 4.74 Å². The minimum absolute atomic E-state index is 0.142. The fourth-order valence-electron chi connectivity index (χ4n) is 4.42. The summed E-state index contributed by atoms with van der Waals surface area (Å²) in [7, 11) is 1.37. The Hall–Kier alpha value is -3.08. The van der Waals surface area contributed by atoms with Crippen molar-refractivity contribution >= 4 is 17.6 Å². The quantitative estimate of drug-likeness (QED) is 0.628. The van der Waals surface area contributed by atoms with E-state index in [-0.39, 0.29) is 23.8 Å². The number of nitrogens with one attached hydrogen (secondary N) is 1. The number of fused-ring (bicyclic) bond motifs is 3. The maximum Gasteiger partial charge on any atom is 0.338 e. The van der Waals surface area contributed by atoms with Gasteiger partial charge in [-0.25, -0.2) is 9.59 Å². The summed E-state index contributed by atoms with van der Waals surface area (Å²) >= 11 is 0.